The topological polar surface area (TPSA) is 84.5 Å². The molecule has 1 heterocycles. The summed E-state index contributed by atoms with van der Waals surface area (Å²) in [6.45, 7) is 3.24. The average molecular weight is 451 g/mol. The van der Waals surface area contributed by atoms with Gasteiger partial charge in [0.15, 0.2) is 0 Å². The lowest BCUT2D eigenvalue weighted by molar-refractivity contribution is 0.0858. The number of aryl methyl sites for hydroxylation is 1. The molecule has 1 atom stereocenters. The van der Waals surface area contributed by atoms with Crippen LogP contribution in [0.15, 0.2) is 77.7 Å². The van der Waals surface area contributed by atoms with E-state index in [1.807, 2.05) is 31.2 Å². The zero-order valence-corrected chi connectivity index (χ0v) is 18.7. The van der Waals surface area contributed by atoms with E-state index in [0.717, 1.165) is 36.1 Å². The van der Waals surface area contributed by atoms with Gasteiger partial charge >= 0.3 is 0 Å². The molecular weight excluding hydrogens is 424 g/mol. The Bertz CT molecular complexity index is 1180. The maximum absolute atomic E-state index is 12.8. The molecule has 3 aromatic rings. The molecule has 2 N–H and O–H groups in total. The van der Waals surface area contributed by atoms with Crippen molar-refractivity contribution in [2.45, 2.75) is 30.8 Å². The van der Waals surface area contributed by atoms with E-state index >= 15 is 0 Å². The lowest BCUT2D eigenvalue weighted by atomic mass is 10.0. The number of ether oxygens (including phenoxy) is 1. The number of carbonyl (C=O) groups is 1. The highest BCUT2D eigenvalue weighted by Gasteiger charge is 2.17. The molecule has 1 amide bonds. The second-order valence-electron chi connectivity index (χ2n) is 7.87. The summed E-state index contributed by atoms with van der Waals surface area (Å²) in [7, 11) is -3.74. The van der Waals surface area contributed by atoms with Crippen LogP contribution in [0.1, 0.15) is 28.8 Å². The lowest BCUT2D eigenvalue weighted by Gasteiger charge is -2.12. The third kappa shape index (κ3) is 5.18. The van der Waals surface area contributed by atoms with E-state index in [4.69, 9.17) is 4.74 Å². The zero-order valence-electron chi connectivity index (χ0n) is 17.9. The maximum atomic E-state index is 12.8. The van der Waals surface area contributed by atoms with Crippen LogP contribution < -0.4 is 10.0 Å². The predicted molar refractivity (Wildman–Crippen MR) is 125 cm³/mol. The maximum Gasteiger partial charge on any atom is 0.261 e. The van der Waals surface area contributed by atoms with Gasteiger partial charge in [-0.1, -0.05) is 36.4 Å². The Hall–Kier alpha value is -3.16. The largest absolute Gasteiger partial charge is 0.376 e. The van der Waals surface area contributed by atoms with E-state index in [-0.39, 0.29) is 16.9 Å². The minimum absolute atomic E-state index is 0.0715. The van der Waals surface area contributed by atoms with Crippen molar-refractivity contribution in [3.05, 3.63) is 83.9 Å². The molecule has 1 saturated heterocycles. The number of anilines is 1. The fourth-order valence-electron chi connectivity index (χ4n) is 3.73. The number of carbonyl (C=O) groups excluding carboxylic acids is 1. The Kier molecular flexibility index (Phi) is 6.58. The van der Waals surface area contributed by atoms with Crippen LogP contribution in [0.25, 0.3) is 11.1 Å². The SMILES string of the molecule is Cc1ccccc1-c1ccc(S(=O)(=O)Nc2ccc(C(=O)NC[C@H]3CCCO3)cc2)cc1. The molecule has 0 unspecified atom stereocenters. The first-order valence-electron chi connectivity index (χ1n) is 10.6. The minimum Gasteiger partial charge on any atom is -0.376 e. The van der Waals surface area contributed by atoms with Gasteiger partial charge in [-0.2, -0.15) is 0 Å². The van der Waals surface area contributed by atoms with Crippen molar-refractivity contribution in [1.29, 1.82) is 0 Å². The highest BCUT2D eigenvalue weighted by Crippen LogP contribution is 2.25. The molecule has 1 aliphatic heterocycles. The molecule has 32 heavy (non-hydrogen) atoms. The third-order valence-corrected chi connectivity index (χ3v) is 6.93. The number of rotatable bonds is 7. The van der Waals surface area contributed by atoms with Crippen molar-refractivity contribution in [1.82, 2.24) is 5.32 Å². The van der Waals surface area contributed by atoms with E-state index in [1.165, 1.54) is 0 Å². The van der Waals surface area contributed by atoms with E-state index in [1.54, 1.807) is 48.5 Å². The van der Waals surface area contributed by atoms with Crippen LogP contribution in [0.5, 0.6) is 0 Å². The molecule has 166 valence electrons. The number of sulfonamides is 1. The number of benzene rings is 3. The first-order chi connectivity index (χ1) is 15.4. The van der Waals surface area contributed by atoms with E-state index < -0.39 is 10.0 Å². The molecule has 6 nitrogen and oxygen atoms in total. The van der Waals surface area contributed by atoms with Crippen molar-refractivity contribution in [2.24, 2.45) is 0 Å². The predicted octanol–water partition coefficient (Wildman–Crippen LogP) is 4.37. The van der Waals surface area contributed by atoms with Crippen LogP contribution in [0.3, 0.4) is 0 Å². The number of hydrogen-bond acceptors (Lipinski definition) is 4. The van der Waals surface area contributed by atoms with Crippen LogP contribution >= 0.6 is 0 Å². The first-order valence-corrected chi connectivity index (χ1v) is 12.1. The summed E-state index contributed by atoms with van der Waals surface area (Å²) >= 11 is 0. The highest BCUT2D eigenvalue weighted by atomic mass is 32.2. The van der Waals surface area contributed by atoms with Gasteiger partial charge in [-0.25, -0.2) is 8.42 Å². The molecule has 4 rings (SSSR count). The Morgan fingerprint density at radius 3 is 2.38 bits per heavy atom. The second-order valence-corrected chi connectivity index (χ2v) is 9.55. The van der Waals surface area contributed by atoms with Crippen LogP contribution in [-0.4, -0.2) is 33.6 Å². The van der Waals surface area contributed by atoms with E-state index in [2.05, 4.69) is 10.0 Å². The quantitative estimate of drug-likeness (QED) is 0.560. The Balaban J connectivity index is 1.40. The van der Waals surface area contributed by atoms with Gasteiger partial charge in [-0.3, -0.25) is 9.52 Å². The molecule has 0 radical (unpaired) electrons. The molecule has 3 aromatic carbocycles. The van der Waals surface area contributed by atoms with Gasteiger partial charge in [0.1, 0.15) is 0 Å². The highest BCUT2D eigenvalue weighted by molar-refractivity contribution is 7.92. The van der Waals surface area contributed by atoms with Gasteiger partial charge < -0.3 is 10.1 Å². The van der Waals surface area contributed by atoms with Crippen LogP contribution in [0.2, 0.25) is 0 Å². The summed E-state index contributed by atoms with van der Waals surface area (Å²) in [6, 6.07) is 21.1. The number of amides is 1. The fourth-order valence-corrected chi connectivity index (χ4v) is 4.79. The zero-order chi connectivity index (χ0) is 22.6. The molecule has 0 aliphatic carbocycles. The Labute approximate surface area is 188 Å². The van der Waals surface area contributed by atoms with Crippen LogP contribution in [0, 0.1) is 6.92 Å². The van der Waals surface area contributed by atoms with Gasteiger partial charge in [0, 0.05) is 24.4 Å². The summed E-state index contributed by atoms with van der Waals surface area (Å²) in [6.07, 6.45) is 2.04. The lowest BCUT2D eigenvalue weighted by Crippen LogP contribution is -2.31. The van der Waals surface area contributed by atoms with Crippen LogP contribution in [0.4, 0.5) is 5.69 Å². The molecular formula is C25H26N2O4S. The summed E-state index contributed by atoms with van der Waals surface area (Å²) < 4.78 is 33.6. The van der Waals surface area contributed by atoms with Crippen molar-refractivity contribution < 1.29 is 17.9 Å². The van der Waals surface area contributed by atoms with Crippen molar-refractivity contribution >= 4 is 21.6 Å². The molecule has 1 fully saturated rings. The summed E-state index contributed by atoms with van der Waals surface area (Å²) in [5.41, 5.74) is 4.01. The van der Waals surface area contributed by atoms with Gasteiger partial charge in [0.2, 0.25) is 0 Å². The van der Waals surface area contributed by atoms with Crippen LogP contribution in [-0.2, 0) is 14.8 Å². The van der Waals surface area contributed by atoms with Crippen molar-refractivity contribution in [3.8, 4) is 11.1 Å². The van der Waals surface area contributed by atoms with Gasteiger partial charge in [-0.15, -0.1) is 0 Å². The van der Waals surface area contributed by atoms with Gasteiger partial charge in [0.05, 0.1) is 11.0 Å². The number of hydrogen-bond donors (Lipinski definition) is 2. The molecule has 0 aromatic heterocycles. The monoisotopic (exact) mass is 450 g/mol. The smallest absolute Gasteiger partial charge is 0.261 e. The Morgan fingerprint density at radius 2 is 1.72 bits per heavy atom. The van der Waals surface area contributed by atoms with Gasteiger partial charge in [-0.05, 0) is 72.9 Å². The van der Waals surface area contributed by atoms with E-state index in [0.29, 0.717) is 17.8 Å². The molecule has 0 spiro atoms. The average Bonchev–Trinajstić information content (AvgIpc) is 3.32. The third-order valence-electron chi connectivity index (χ3n) is 5.53. The van der Waals surface area contributed by atoms with Crippen molar-refractivity contribution in [3.63, 3.8) is 0 Å². The summed E-state index contributed by atoms with van der Waals surface area (Å²) in [4.78, 5) is 12.5. The normalized spacial score (nSPS) is 16.0. The van der Waals surface area contributed by atoms with E-state index in [9.17, 15) is 13.2 Å². The van der Waals surface area contributed by atoms with Crippen molar-refractivity contribution in [2.75, 3.05) is 17.9 Å². The molecule has 1 aliphatic rings. The van der Waals surface area contributed by atoms with Gasteiger partial charge in [0.25, 0.3) is 15.9 Å². The standard InChI is InChI=1S/C25H26N2O4S/c1-18-5-2-3-7-24(18)19-10-14-23(15-11-19)32(29,30)27-21-12-8-20(9-13-21)25(28)26-17-22-6-4-16-31-22/h2-3,5,7-15,22,27H,4,6,16-17H2,1H3,(H,26,28)/t22-/m1/s1. The minimum atomic E-state index is -3.74. The molecule has 7 heteroatoms. The Morgan fingerprint density at radius 1 is 1.00 bits per heavy atom. The molecule has 0 saturated carbocycles. The summed E-state index contributed by atoms with van der Waals surface area (Å²) in [5.74, 6) is -0.207. The fraction of sp³-hybridized carbons (Fsp3) is 0.240. The molecule has 0 bridgehead atoms. The summed E-state index contributed by atoms with van der Waals surface area (Å²) in [5, 5.41) is 2.85. The first kappa shape index (κ1) is 22.0. The second kappa shape index (κ2) is 9.54. The number of nitrogens with one attached hydrogen (secondary N) is 2.